The summed E-state index contributed by atoms with van der Waals surface area (Å²) in [4.78, 5) is 0. The van der Waals surface area contributed by atoms with Crippen LogP contribution in [-0.2, 0) is 6.42 Å². The highest BCUT2D eigenvalue weighted by atomic mass is 14.2. The minimum Gasteiger partial charge on any atom is -0.0996 e. The van der Waals surface area contributed by atoms with Crippen LogP contribution in [0.25, 0.3) is 0 Å². The summed E-state index contributed by atoms with van der Waals surface area (Å²) in [5.74, 6) is 0.791. The second kappa shape index (κ2) is 5.16. The zero-order valence-electron chi connectivity index (χ0n) is 9.41. The summed E-state index contributed by atoms with van der Waals surface area (Å²) in [6, 6.07) is 10.8. The SMILES string of the molecule is C=C1CCCCC1CCc1ccccc1. The fourth-order valence-electron chi connectivity index (χ4n) is 2.49. The van der Waals surface area contributed by atoms with Gasteiger partial charge in [-0.05, 0) is 43.6 Å². The van der Waals surface area contributed by atoms with Crippen LogP contribution in [-0.4, -0.2) is 0 Å². The monoisotopic (exact) mass is 200 g/mol. The average molecular weight is 200 g/mol. The number of benzene rings is 1. The molecule has 1 aromatic carbocycles. The standard InChI is InChI=1S/C15H20/c1-13-7-5-6-10-15(13)12-11-14-8-3-2-4-9-14/h2-4,8-9,15H,1,5-7,10-12H2. The molecule has 1 unspecified atom stereocenters. The zero-order chi connectivity index (χ0) is 10.5. The maximum Gasteiger partial charge on any atom is -0.0203 e. The molecule has 1 aliphatic rings. The van der Waals surface area contributed by atoms with E-state index in [2.05, 4.69) is 36.9 Å². The van der Waals surface area contributed by atoms with Gasteiger partial charge in [-0.2, -0.15) is 0 Å². The van der Waals surface area contributed by atoms with Crippen molar-refractivity contribution in [2.75, 3.05) is 0 Å². The molecule has 1 aliphatic carbocycles. The summed E-state index contributed by atoms with van der Waals surface area (Å²) >= 11 is 0. The lowest BCUT2D eigenvalue weighted by molar-refractivity contribution is 0.430. The van der Waals surface area contributed by atoms with Crippen LogP contribution in [0.1, 0.15) is 37.7 Å². The Morgan fingerprint density at radius 1 is 1.13 bits per heavy atom. The van der Waals surface area contributed by atoms with Crippen LogP contribution in [0, 0.1) is 5.92 Å². The first-order chi connectivity index (χ1) is 7.36. The molecule has 1 saturated carbocycles. The lowest BCUT2D eigenvalue weighted by Crippen LogP contribution is -2.10. The number of hydrogen-bond acceptors (Lipinski definition) is 0. The first-order valence-electron chi connectivity index (χ1n) is 6.08. The predicted molar refractivity (Wildman–Crippen MR) is 65.9 cm³/mol. The molecule has 0 saturated heterocycles. The molecule has 0 spiro atoms. The molecule has 0 heteroatoms. The van der Waals surface area contributed by atoms with E-state index in [0.717, 1.165) is 5.92 Å². The molecule has 0 nitrogen and oxygen atoms in total. The number of rotatable bonds is 3. The van der Waals surface area contributed by atoms with Crippen LogP contribution in [0.3, 0.4) is 0 Å². The minimum atomic E-state index is 0.791. The Balaban J connectivity index is 1.85. The Morgan fingerprint density at radius 3 is 2.67 bits per heavy atom. The molecule has 0 N–H and O–H groups in total. The summed E-state index contributed by atoms with van der Waals surface area (Å²) in [6.07, 6.45) is 7.90. The number of allylic oxidation sites excluding steroid dienone is 1. The van der Waals surface area contributed by atoms with Gasteiger partial charge in [0.25, 0.3) is 0 Å². The first kappa shape index (κ1) is 10.5. The molecular weight excluding hydrogens is 180 g/mol. The molecule has 2 rings (SSSR count). The summed E-state index contributed by atoms with van der Waals surface area (Å²) in [5.41, 5.74) is 2.97. The molecule has 0 aromatic heterocycles. The van der Waals surface area contributed by atoms with Crippen LogP contribution in [0.15, 0.2) is 42.5 Å². The van der Waals surface area contributed by atoms with E-state index in [1.165, 1.54) is 49.7 Å². The average Bonchev–Trinajstić information content (AvgIpc) is 2.29. The van der Waals surface area contributed by atoms with Crippen molar-refractivity contribution in [1.82, 2.24) is 0 Å². The summed E-state index contributed by atoms with van der Waals surface area (Å²) < 4.78 is 0. The number of hydrogen-bond donors (Lipinski definition) is 0. The quantitative estimate of drug-likeness (QED) is 0.636. The van der Waals surface area contributed by atoms with Crippen molar-refractivity contribution in [2.24, 2.45) is 5.92 Å². The summed E-state index contributed by atoms with van der Waals surface area (Å²) in [7, 11) is 0. The molecule has 1 atom stereocenters. The highest BCUT2D eigenvalue weighted by Crippen LogP contribution is 2.31. The van der Waals surface area contributed by atoms with E-state index in [1.54, 1.807) is 0 Å². The molecule has 0 heterocycles. The number of aryl methyl sites for hydroxylation is 1. The second-order valence-corrected chi connectivity index (χ2v) is 4.63. The molecule has 15 heavy (non-hydrogen) atoms. The predicted octanol–water partition coefficient (Wildman–Crippen LogP) is 4.37. The zero-order valence-corrected chi connectivity index (χ0v) is 9.41. The van der Waals surface area contributed by atoms with E-state index in [1.807, 2.05) is 0 Å². The van der Waals surface area contributed by atoms with E-state index < -0.39 is 0 Å². The fraction of sp³-hybridized carbons (Fsp3) is 0.467. The molecule has 0 radical (unpaired) electrons. The molecule has 0 bridgehead atoms. The lowest BCUT2D eigenvalue weighted by Gasteiger charge is -2.24. The van der Waals surface area contributed by atoms with E-state index in [9.17, 15) is 0 Å². The van der Waals surface area contributed by atoms with Gasteiger partial charge in [0, 0.05) is 0 Å². The first-order valence-corrected chi connectivity index (χ1v) is 6.08. The maximum absolute atomic E-state index is 4.21. The molecule has 80 valence electrons. The van der Waals surface area contributed by atoms with Gasteiger partial charge in [0.05, 0.1) is 0 Å². The van der Waals surface area contributed by atoms with Crippen LogP contribution < -0.4 is 0 Å². The van der Waals surface area contributed by atoms with Crippen molar-refractivity contribution >= 4 is 0 Å². The summed E-state index contributed by atoms with van der Waals surface area (Å²) in [6.45, 7) is 4.21. The van der Waals surface area contributed by atoms with Gasteiger partial charge < -0.3 is 0 Å². The maximum atomic E-state index is 4.21. The third kappa shape index (κ3) is 2.95. The van der Waals surface area contributed by atoms with Crippen molar-refractivity contribution in [3.8, 4) is 0 Å². The smallest absolute Gasteiger partial charge is 0.0203 e. The van der Waals surface area contributed by atoms with Gasteiger partial charge in [-0.3, -0.25) is 0 Å². The van der Waals surface area contributed by atoms with Crippen LogP contribution >= 0.6 is 0 Å². The highest BCUT2D eigenvalue weighted by molar-refractivity contribution is 5.15. The van der Waals surface area contributed by atoms with Crippen molar-refractivity contribution < 1.29 is 0 Å². The van der Waals surface area contributed by atoms with Gasteiger partial charge in [0.2, 0.25) is 0 Å². The third-order valence-corrected chi connectivity index (χ3v) is 3.50. The van der Waals surface area contributed by atoms with Crippen molar-refractivity contribution in [1.29, 1.82) is 0 Å². The Labute approximate surface area is 93.0 Å². The molecule has 1 fully saturated rings. The van der Waals surface area contributed by atoms with Crippen LogP contribution in [0.4, 0.5) is 0 Å². The van der Waals surface area contributed by atoms with Crippen LogP contribution in [0.5, 0.6) is 0 Å². The van der Waals surface area contributed by atoms with Crippen molar-refractivity contribution in [3.63, 3.8) is 0 Å². The van der Waals surface area contributed by atoms with Gasteiger partial charge >= 0.3 is 0 Å². The summed E-state index contributed by atoms with van der Waals surface area (Å²) in [5, 5.41) is 0. The Morgan fingerprint density at radius 2 is 1.93 bits per heavy atom. The van der Waals surface area contributed by atoms with Crippen LogP contribution in [0.2, 0.25) is 0 Å². The second-order valence-electron chi connectivity index (χ2n) is 4.63. The topological polar surface area (TPSA) is 0 Å². The van der Waals surface area contributed by atoms with Crippen molar-refractivity contribution in [2.45, 2.75) is 38.5 Å². The molecule has 0 aliphatic heterocycles. The largest absolute Gasteiger partial charge is 0.0996 e. The van der Waals surface area contributed by atoms with Gasteiger partial charge in [-0.15, -0.1) is 0 Å². The van der Waals surface area contributed by atoms with Crippen molar-refractivity contribution in [3.05, 3.63) is 48.0 Å². The molecule has 0 amide bonds. The van der Waals surface area contributed by atoms with Gasteiger partial charge in [-0.25, -0.2) is 0 Å². The van der Waals surface area contributed by atoms with E-state index in [0.29, 0.717) is 0 Å². The normalized spacial score (nSPS) is 21.6. The van der Waals surface area contributed by atoms with E-state index in [-0.39, 0.29) is 0 Å². The highest BCUT2D eigenvalue weighted by Gasteiger charge is 2.16. The van der Waals surface area contributed by atoms with Gasteiger partial charge in [0.15, 0.2) is 0 Å². The Bertz CT molecular complexity index is 310. The van der Waals surface area contributed by atoms with E-state index >= 15 is 0 Å². The van der Waals surface area contributed by atoms with Gasteiger partial charge in [0.1, 0.15) is 0 Å². The lowest BCUT2D eigenvalue weighted by atomic mass is 9.82. The fourth-order valence-corrected chi connectivity index (χ4v) is 2.49. The third-order valence-electron chi connectivity index (χ3n) is 3.50. The Hall–Kier alpha value is -1.04. The molecular formula is C15H20. The minimum absolute atomic E-state index is 0.791. The van der Waals surface area contributed by atoms with Gasteiger partial charge in [-0.1, -0.05) is 48.9 Å². The Kier molecular flexibility index (Phi) is 3.60. The van der Waals surface area contributed by atoms with E-state index in [4.69, 9.17) is 0 Å². The molecule has 1 aromatic rings.